The van der Waals surface area contributed by atoms with Gasteiger partial charge in [-0.25, -0.2) is 8.42 Å². The van der Waals surface area contributed by atoms with Crippen molar-refractivity contribution in [3.63, 3.8) is 0 Å². The standard InChI is InChI=1S/C20H31N3O3S.ClH/c1-16-7-3-4-12-23(16)27(25,26)19-10-5-9-18(13-19)20(24)22-11-6-8-17(15-22)14-21-2;/h5,9-10,13,16-17,21H,3-4,6-8,11-12,14-15H2,1-2H3;1H. The summed E-state index contributed by atoms with van der Waals surface area (Å²) < 4.78 is 27.7. The number of rotatable bonds is 5. The Labute approximate surface area is 175 Å². The van der Waals surface area contributed by atoms with E-state index in [1.807, 2.05) is 18.9 Å². The molecule has 1 aromatic carbocycles. The lowest BCUT2D eigenvalue weighted by Gasteiger charge is -2.33. The van der Waals surface area contributed by atoms with Crippen LogP contribution in [0.4, 0.5) is 0 Å². The Bertz CT molecular complexity index is 770. The van der Waals surface area contributed by atoms with E-state index < -0.39 is 10.0 Å². The van der Waals surface area contributed by atoms with Gasteiger partial charge in [-0.3, -0.25) is 4.79 Å². The average Bonchev–Trinajstić information content (AvgIpc) is 2.68. The summed E-state index contributed by atoms with van der Waals surface area (Å²) in [4.78, 5) is 15.1. The lowest BCUT2D eigenvalue weighted by atomic mass is 9.97. The van der Waals surface area contributed by atoms with Crippen LogP contribution in [0.5, 0.6) is 0 Å². The van der Waals surface area contributed by atoms with Crippen LogP contribution in [-0.2, 0) is 10.0 Å². The number of benzene rings is 1. The first-order chi connectivity index (χ1) is 12.9. The zero-order chi connectivity index (χ0) is 19.4. The van der Waals surface area contributed by atoms with E-state index in [1.165, 1.54) is 0 Å². The summed E-state index contributed by atoms with van der Waals surface area (Å²) in [6.07, 6.45) is 4.95. The third-order valence-electron chi connectivity index (χ3n) is 5.73. The van der Waals surface area contributed by atoms with Crippen LogP contribution in [0.25, 0.3) is 0 Å². The van der Waals surface area contributed by atoms with Crippen LogP contribution in [-0.4, -0.2) is 62.8 Å². The molecule has 2 heterocycles. The summed E-state index contributed by atoms with van der Waals surface area (Å²) in [6.45, 7) is 4.87. The molecule has 3 rings (SSSR count). The molecule has 2 fully saturated rings. The van der Waals surface area contributed by atoms with Crippen molar-refractivity contribution in [2.45, 2.75) is 50.0 Å². The third kappa shape index (κ3) is 5.06. The van der Waals surface area contributed by atoms with Gasteiger partial charge < -0.3 is 10.2 Å². The smallest absolute Gasteiger partial charge is 0.253 e. The van der Waals surface area contributed by atoms with Crippen molar-refractivity contribution >= 4 is 28.3 Å². The Kier molecular flexibility index (Phi) is 8.30. The van der Waals surface area contributed by atoms with E-state index in [0.29, 0.717) is 18.0 Å². The lowest BCUT2D eigenvalue weighted by Crippen LogP contribution is -2.43. The molecule has 1 amide bonds. The Morgan fingerprint density at radius 3 is 2.68 bits per heavy atom. The number of piperidine rings is 2. The molecule has 0 spiro atoms. The fourth-order valence-corrected chi connectivity index (χ4v) is 5.99. The molecule has 1 aromatic rings. The number of amides is 1. The molecular weight excluding hydrogens is 398 g/mol. The number of halogens is 1. The van der Waals surface area contributed by atoms with Gasteiger partial charge in [-0.1, -0.05) is 12.5 Å². The molecule has 0 aliphatic carbocycles. The Morgan fingerprint density at radius 2 is 1.96 bits per heavy atom. The first-order valence-electron chi connectivity index (χ1n) is 9.99. The third-order valence-corrected chi connectivity index (χ3v) is 7.74. The topological polar surface area (TPSA) is 69.7 Å². The van der Waals surface area contributed by atoms with Gasteiger partial charge in [-0.2, -0.15) is 4.31 Å². The minimum atomic E-state index is -3.56. The number of nitrogens with one attached hydrogen (secondary N) is 1. The van der Waals surface area contributed by atoms with Crippen molar-refractivity contribution in [3.05, 3.63) is 29.8 Å². The van der Waals surface area contributed by atoms with E-state index in [1.54, 1.807) is 28.6 Å². The molecule has 0 bridgehead atoms. The highest BCUT2D eigenvalue weighted by atomic mass is 35.5. The maximum atomic E-state index is 13.1. The molecule has 6 nitrogen and oxygen atoms in total. The van der Waals surface area contributed by atoms with Crippen LogP contribution in [0.3, 0.4) is 0 Å². The molecule has 8 heteroatoms. The average molecular weight is 430 g/mol. The van der Waals surface area contributed by atoms with E-state index in [0.717, 1.165) is 51.7 Å². The molecule has 158 valence electrons. The number of nitrogens with zero attached hydrogens (tertiary/aromatic N) is 2. The quantitative estimate of drug-likeness (QED) is 0.781. The van der Waals surface area contributed by atoms with Crippen LogP contribution < -0.4 is 5.32 Å². The van der Waals surface area contributed by atoms with Crippen LogP contribution in [0.2, 0.25) is 0 Å². The molecule has 0 aromatic heterocycles. The predicted molar refractivity (Wildman–Crippen MR) is 113 cm³/mol. The van der Waals surface area contributed by atoms with Gasteiger partial charge in [-0.05, 0) is 70.3 Å². The Morgan fingerprint density at radius 1 is 1.18 bits per heavy atom. The van der Waals surface area contributed by atoms with Gasteiger partial charge in [0.25, 0.3) is 5.91 Å². The summed E-state index contributed by atoms with van der Waals surface area (Å²) in [5.41, 5.74) is 0.464. The van der Waals surface area contributed by atoms with E-state index >= 15 is 0 Å². The number of sulfonamides is 1. The Balaban J connectivity index is 0.00000280. The minimum absolute atomic E-state index is 0. The second-order valence-electron chi connectivity index (χ2n) is 7.81. The zero-order valence-corrected chi connectivity index (χ0v) is 18.4. The molecule has 2 aliphatic rings. The number of likely N-dealkylation sites (tertiary alicyclic amines) is 1. The SMILES string of the molecule is CNCC1CCCN(C(=O)c2cccc(S(=O)(=O)N3CCCCC3C)c2)C1.Cl. The normalized spacial score (nSPS) is 23.9. The Hall–Kier alpha value is -1.15. The monoisotopic (exact) mass is 429 g/mol. The molecule has 0 saturated carbocycles. The summed E-state index contributed by atoms with van der Waals surface area (Å²) in [6, 6.07) is 6.58. The first kappa shape index (κ1) is 23.1. The molecule has 0 radical (unpaired) electrons. The number of hydrogen-bond donors (Lipinski definition) is 1. The fraction of sp³-hybridized carbons (Fsp3) is 0.650. The fourth-order valence-electron chi connectivity index (χ4n) is 4.24. The van der Waals surface area contributed by atoms with Crippen molar-refractivity contribution in [1.82, 2.24) is 14.5 Å². The largest absolute Gasteiger partial charge is 0.338 e. The highest BCUT2D eigenvalue weighted by molar-refractivity contribution is 7.89. The molecule has 2 aliphatic heterocycles. The number of carbonyl (C=O) groups excluding carboxylic acids is 1. The van der Waals surface area contributed by atoms with Gasteiger partial charge in [0.05, 0.1) is 4.90 Å². The van der Waals surface area contributed by atoms with Crippen LogP contribution >= 0.6 is 12.4 Å². The summed E-state index contributed by atoms with van der Waals surface area (Å²) in [7, 11) is -1.64. The second-order valence-corrected chi connectivity index (χ2v) is 9.70. The molecule has 2 unspecified atom stereocenters. The summed E-state index contributed by atoms with van der Waals surface area (Å²) >= 11 is 0. The van der Waals surface area contributed by atoms with Gasteiger partial charge in [0.1, 0.15) is 0 Å². The molecular formula is C20H32ClN3O3S. The van der Waals surface area contributed by atoms with Gasteiger partial charge in [0.15, 0.2) is 0 Å². The summed E-state index contributed by atoms with van der Waals surface area (Å²) in [5, 5.41) is 3.18. The number of carbonyl (C=O) groups is 1. The first-order valence-corrected chi connectivity index (χ1v) is 11.4. The highest BCUT2D eigenvalue weighted by Crippen LogP contribution is 2.26. The minimum Gasteiger partial charge on any atom is -0.338 e. The molecule has 2 saturated heterocycles. The molecule has 2 atom stereocenters. The van der Waals surface area contributed by atoms with Gasteiger partial charge in [-0.15, -0.1) is 12.4 Å². The lowest BCUT2D eigenvalue weighted by molar-refractivity contribution is 0.0674. The van der Waals surface area contributed by atoms with Crippen molar-refractivity contribution in [2.24, 2.45) is 5.92 Å². The second kappa shape index (κ2) is 10.1. The van der Waals surface area contributed by atoms with Gasteiger partial charge in [0.2, 0.25) is 10.0 Å². The van der Waals surface area contributed by atoms with Crippen LogP contribution in [0.15, 0.2) is 29.2 Å². The molecule has 28 heavy (non-hydrogen) atoms. The van der Waals surface area contributed by atoms with Crippen molar-refractivity contribution in [2.75, 3.05) is 33.2 Å². The van der Waals surface area contributed by atoms with E-state index in [4.69, 9.17) is 0 Å². The van der Waals surface area contributed by atoms with Crippen molar-refractivity contribution in [1.29, 1.82) is 0 Å². The maximum Gasteiger partial charge on any atom is 0.253 e. The van der Waals surface area contributed by atoms with Crippen molar-refractivity contribution in [3.8, 4) is 0 Å². The van der Waals surface area contributed by atoms with Crippen LogP contribution in [0, 0.1) is 5.92 Å². The van der Waals surface area contributed by atoms with E-state index in [2.05, 4.69) is 5.32 Å². The highest BCUT2D eigenvalue weighted by Gasteiger charge is 2.32. The van der Waals surface area contributed by atoms with Crippen LogP contribution in [0.1, 0.15) is 49.4 Å². The number of hydrogen-bond acceptors (Lipinski definition) is 4. The van der Waals surface area contributed by atoms with Gasteiger partial charge >= 0.3 is 0 Å². The van der Waals surface area contributed by atoms with Crippen molar-refractivity contribution < 1.29 is 13.2 Å². The van der Waals surface area contributed by atoms with E-state index in [-0.39, 0.29) is 29.3 Å². The maximum absolute atomic E-state index is 13.1. The molecule has 1 N–H and O–H groups in total. The summed E-state index contributed by atoms with van der Waals surface area (Å²) in [5.74, 6) is 0.383. The predicted octanol–water partition coefficient (Wildman–Crippen LogP) is 2.74. The van der Waals surface area contributed by atoms with Gasteiger partial charge in [0, 0.05) is 31.2 Å². The zero-order valence-electron chi connectivity index (χ0n) is 16.8. The van der Waals surface area contributed by atoms with E-state index in [9.17, 15) is 13.2 Å².